The van der Waals surface area contributed by atoms with Gasteiger partial charge in [-0.2, -0.15) is 8.62 Å². The van der Waals surface area contributed by atoms with Gasteiger partial charge in [-0.15, -0.1) is 0 Å². The lowest BCUT2D eigenvalue weighted by molar-refractivity contribution is -0.0342. The third-order valence-electron chi connectivity index (χ3n) is 3.44. The summed E-state index contributed by atoms with van der Waals surface area (Å²) in [4.78, 5) is 49.2. The largest absolute Gasteiger partial charge is 0.490 e. The quantitative estimate of drug-likeness (QED) is 0.251. The number of alkyl halides is 1. The molecule has 2 heterocycles. The van der Waals surface area contributed by atoms with E-state index in [1.165, 1.54) is 17.7 Å². The summed E-state index contributed by atoms with van der Waals surface area (Å²) in [5.74, 6) is 0. The average Bonchev–Trinajstić information content (AvgIpc) is 2.86. The summed E-state index contributed by atoms with van der Waals surface area (Å²) in [5, 5.41) is 0. The van der Waals surface area contributed by atoms with Gasteiger partial charge in [-0.1, -0.05) is 0 Å². The zero-order valence-corrected chi connectivity index (χ0v) is 17.9. The van der Waals surface area contributed by atoms with Gasteiger partial charge in [-0.25, -0.2) is 18.1 Å². The molecule has 0 amide bonds. The van der Waals surface area contributed by atoms with Crippen LogP contribution in [0.15, 0.2) is 11.0 Å². The summed E-state index contributed by atoms with van der Waals surface area (Å²) >= 11 is 4.97. The molecule has 0 bridgehead atoms. The van der Waals surface area contributed by atoms with E-state index in [4.69, 9.17) is 31.6 Å². The number of hydrogen-bond acceptors (Lipinski definition) is 9. The van der Waals surface area contributed by atoms with Crippen molar-refractivity contribution in [3.63, 3.8) is 0 Å². The topological polar surface area (TPSA) is 207 Å². The number of nitrogens with one attached hydrogen (secondary N) is 1. The molecule has 1 aromatic rings. The van der Waals surface area contributed by atoms with Crippen LogP contribution in [0.4, 0.5) is 4.39 Å². The van der Waals surface area contributed by atoms with Crippen LogP contribution < -0.4 is 5.56 Å². The SMILES string of the molecule is Cc1cn([C@H]2C[C@H](F)[C@@H](COP(=O)(O)OP(=O)(O)OP(=O)(O)O)O2)c(=S)[nH]c1=O. The van der Waals surface area contributed by atoms with Gasteiger partial charge in [0, 0.05) is 18.2 Å². The molecular formula is C10H16FN2O12P3S. The van der Waals surface area contributed by atoms with E-state index in [0.29, 0.717) is 0 Å². The number of aromatic amines is 1. The van der Waals surface area contributed by atoms with Crippen molar-refractivity contribution in [2.24, 2.45) is 0 Å². The Balaban J connectivity index is 2.03. The smallest absolute Gasteiger partial charge is 0.349 e. The Morgan fingerprint density at radius 3 is 2.48 bits per heavy atom. The maximum absolute atomic E-state index is 14.2. The predicted octanol–water partition coefficient (Wildman–Crippen LogP) is 1.18. The molecule has 1 aliphatic heterocycles. The van der Waals surface area contributed by atoms with Crippen LogP contribution in [0.25, 0.3) is 0 Å². The minimum Gasteiger partial charge on any atom is -0.349 e. The van der Waals surface area contributed by atoms with E-state index < -0.39 is 54.1 Å². The first-order chi connectivity index (χ1) is 13.1. The number of aryl methyl sites for hydroxylation is 1. The summed E-state index contributed by atoms with van der Waals surface area (Å²) in [6, 6.07) is 0. The number of ether oxygens (including phenoxy) is 1. The Labute approximate surface area is 166 Å². The number of H-pyrrole nitrogens is 1. The van der Waals surface area contributed by atoms with Crippen molar-refractivity contribution in [2.45, 2.75) is 31.8 Å². The van der Waals surface area contributed by atoms with Gasteiger partial charge >= 0.3 is 23.5 Å². The first-order valence-corrected chi connectivity index (χ1v) is 12.4. The zero-order valence-electron chi connectivity index (χ0n) is 14.4. The molecule has 1 saturated heterocycles. The third-order valence-corrected chi connectivity index (χ3v) is 7.55. The van der Waals surface area contributed by atoms with E-state index in [2.05, 4.69) is 18.1 Å². The lowest BCUT2D eigenvalue weighted by atomic mass is 10.2. The van der Waals surface area contributed by atoms with Crippen LogP contribution in [0.2, 0.25) is 0 Å². The highest BCUT2D eigenvalue weighted by atomic mass is 32.1. The number of rotatable bonds is 8. The van der Waals surface area contributed by atoms with Crippen molar-refractivity contribution in [1.82, 2.24) is 9.55 Å². The molecule has 0 aromatic carbocycles. The highest BCUT2D eigenvalue weighted by Crippen LogP contribution is 2.66. The molecule has 2 rings (SSSR count). The van der Waals surface area contributed by atoms with Crippen LogP contribution in [0, 0.1) is 11.7 Å². The van der Waals surface area contributed by atoms with Crippen LogP contribution in [0.5, 0.6) is 0 Å². The maximum Gasteiger partial charge on any atom is 0.490 e. The van der Waals surface area contributed by atoms with E-state index in [1.807, 2.05) is 0 Å². The molecule has 1 aliphatic rings. The Kier molecular flexibility index (Phi) is 7.54. The van der Waals surface area contributed by atoms with Crippen molar-refractivity contribution in [3.05, 3.63) is 26.9 Å². The third kappa shape index (κ3) is 7.24. The van der Waals surface area contributed by atoms with Crippen molar-refractivity contribution >= 4 is 35.7 Å². The summed E-state index contributed by atoms with van der Waals surface area (Å²) < 4.78 is 65.7. The molecule has 5 N–H and O–H groups in total. The normalized spacial score (nSPS) is 26.8. The monoisotopic (exact) mass is 500 g/mol. The van der Waals surface area contributed by atoms with E-state index >= 15 is 0 Å². The fourth-order valence-corrected chi connectivity index (χ4v) is 5.57. The van der Waals surface area contributed by atoms with E-state index in [0.717, 1.165) is 0 Å². The van der Waals surface area contributed by atoms with E-state index in [-0.39, 0.29) is 16.8 Å². The van der Waals surface area contributed by atoms with Gasteiger partial charge in [-0.3, -0.25) is 18.9 Å². The standard InChI is InChI=1S/C10H16FN2O12P3S/c1-5-3-13(10(29)12-9(5)14)8-2-6(11)7(23-8)4-22-27(18,19)25-28(20,21)24-26(15,16)17/h3,6-8H,2,4H2,1H3,(H,18,19)(H,20,21)(H,12,14,29)(H2,15,16,17)/t6-,7+,8+/m0/s1. The molecule has 0 radical (unpaired) electrons. The molecule has 1 aromatic heterocycles. The molecule has 5 atom stereocenters. The van der Waals surface area contributed by atoms with Gasteiger partial charge in [0.1, 0.15) is 18.5 Å². The van der Waals surface area contributed by atoms with Crippen molar-refractivity contribution in [2.75, 3.05) is 6.61 Å². The van der Waals surface area contributed by atoms with Crippen LogP contribution >= 0.6 is 35.7 Å². The summed E-state index contributed by atoms with van der Waals surface area (Å²) in [6.07, 6.45) is -3.06. The zero-order chi connectivity index (χ0) is 22.2. The minimum absolute atomic E-state index is 0.0497. The Bertz CT molecular complexity index is 1020. The molecule has 19 heteroatoms. The van der Waals surface area contributed by atoms with Gasteiger partial charge < -0.3 is 24.3 Å². The fraction of sp³-hybridized carbons (Fsp3) is 0.600. The summed E-state index contributed by atoms with van der Waals surface area (Å²) in [6.45, 7) is 0.551. The maximum atomic E-state index is 14.2. The summed E-state index contributed by atoms with van der Waals surface area (Å²) in [5.41, 5.74) is -0.167. The number of aromatic nitrogens is 2. The van der Waals surface area contributed by atoms with Crippen molar-refractivity contribution < 1.29 is 55.5 Å². The second-order valence-electron chi connectivity index (χ2n) is 5.75. The molecule has 0 spiro atoms. The first-order valence-electron chi connectivity index (χ1n) is 7.48. The number of phosphoric acid groups is 3. The van der Waals surface area contributed by atoms with Gasteiger partial charge in [0.2, 0.25) is 0 Å². The molecule has 0 aliphatic carbocycles. The van der Waals surface area contributed by atoms with E-state index in [9.17, 15) is 27.8 Å². The van der Waals surface area contributed by atoms with Crippen LogP contribution in [0.1, 0.15) is 18.2 Å². The average molecular weight is 500 g/mol. The van der Waals surface area contributed by atoms with Crippen molar-refractivity contribution in [3.8, 4) is 0 Å². The van der Waals surface area contributed by atoms with E-state index in [1.54, 1.807) is 0 Å². The van der Waals surface area contributed by atoms with Gasteiger partial charge in [0.25, 0.3) is 5.56 Å². The Hall–Kier alpha value is -0.600. The fourth-order valence-electron chi connectivity index (χ4n) is 2.28. The van der Waals surface area contributed by atoms with Crippen LogP contribution in [-0.4, -0.2) is 48.0 Å². The predicted molar refractivity (Wildman–Crippen MR) is 93.9 cm³/mol. The summed E-state index contributed by atoms with van der Waals surface area (Å²) in [7, 11) is -16.6. The second-order valence-corrected chi connectivity index (χ2v) is 10.6. The second kappa shape index (κ2) is 8.87. The Morgan fingerprint density at radius 2 is 1.90 bits per heavy atom. The first kappa shape index (κ1) is 24.7. The van der Waals surface area contributed by atoms with Crippen LogP contribution in [0.3, 0.4) is 0 Å². The Morgan fingerprint density at radius 1 is 1.28 bits per heavy atom. The molecule has 166 valence electrons. The van der Waals surface area contributed by atoms with Gasteiger partial charge in [0.05, 0.1) is 6.61 Å². The number of halogens is 1. The van der Waals surface area contributed by atoms with Crippen LogP contribution in [-0.2, 0) is 31.6 Å². The number of nitrogens with zero attached hydrogens (tertiary/aromatic N) is 1. The lowest BCUT2D eigenvalue weighted by Crippen LogP contribution is -2.23. The highest BCUT2D eigenvalue weighted by molar-refractivity contribution is 7.71. The molecular weight excluding hydrogens is 484 g/mol. The van der Waals surface area contributed by atoms with Gasteiger partial charge in [-0.05, 0) is 19.1 Å². The minimum atomic E-state index is -5.68. The van der Waals surface area contributed by atoms with Crippen molar-refractivity contribution in [1.29, 1.82) is 0 Å². The molecule has 29 heavy (non-hydrogen) atoms. The number of hydrogen-bond donors (Lipinski definition) is 5. The molecule has 14 nitrogen and oxygen atoms in total. The molecule has 1 fully saturated rings. The van der Waals surface area contributed by atoms with Gasteiger partial charge in [0.15, 0.2) is 4.77 Å². The molecule has 0 saturated carbocycles. The molecule has 2 unspecified atom stereocenters. The number of phosphoric ester groups is 1. The lowest BCUT2D eigenvalue weighted by Gasteiger charge is -2.19. The highest BCUT2D eigenvalue weighted by Gasteiger charge is 2.43.